The van der Waals surface area contributed by atoms with Crippen molar-refractivity contribution in [1.82, 2.24) is 80.4 Å². The number of aliphatic hydroxyl groups is 2. The number of rotatable bonds is 23. The first-order valence-corrected chi connectivity index (χ1v) is 44.4. The smallest absolute Gasteiger partial charge is 0.274 e. The van der Waals surface area contributed by atoms with E-state index in [9.17, 15) is 61.9 Å². The summed E-state index contributed by atoms with van der Waals surface area (Å²) in [5, 5.41) is 56.0. The first kappa shape index (κ1) is 100. The van der Waals surface area contributed by atoms with E-state index in [2.05, 4.69) is 39.9 Å². The van der Waals surface area contributed by atoms with Crippen molar-refractivity contribution >= 4 is 100 Å². The summed E-state index contributed by atoms with van der Waals surface area (Å²) in [5.74, 6) is -1.03. The Labute approximate surface area is 791 Å². The van der Waals surface area contributed by atoms with Gasteiger partial charge in [0.25, 0.3) is 57.0 Å². The topological polar surface area (TPSA) is 513 Å². The molecule has 16 aromatic rings. The third-order valence-corrected chi connectivity index (χ3v) is 23.8. The number of ketones is 2. The molecule has 6 aromatic heterocycles. The normalized spacial score (nSPS) is 12.8. The van der Waals surface area contributed by atoms with Crippen LogP contribution >= 0.6 is 0 Å². The molecule has 36 heteroatoms. The Kier molecular flexibility index (Phi) is 32.8. The van der Waals surface area contributed by atoms with Crippen LogP contribution in [-0.4, -0.2) is 159 Å². The Morgan fingerprint density at radius 1 is 0.504 bits per heavy atom. The molecule has 4 amide bonds. The first-order valence-electron chi connectivity index (χ1n) is 44.4. The molecule has 18 rings (SSSR count). The SMILES string of the molecule is CC(C)(COc1ccccc1)n1cnc2ccc(C(=O)NO)cc2c1=O.CCC(C)c1nc2cc(C(=O)NO)ccc2c(=O)[nH]1.CN(C)Cc1cn(Cc2ccccc2)c(=O)c2cc(C(=O)NO)ccc12.O=C(CO)c1ccc2c(=O)[nH]c(C3CCCCC3)nc2c1.O=C(CO)c1ccc2c(=O)[nH]c(Cc3ccccc3F)nc2c1.O=C(NO)c1ccc2ncn(C3(c4ccccc4)CC3)c(=O)c2c1. The minimum atomic E-state index is -0.687. The first-order chi connectivity index (χ1) is 66.9. The second kappa shape index (κ2) is 45.4. The zero-order valence-electron chi connectivity index (χ0n) is 76.5. The Morgan fingerprint density at radius 3 is 1.51 bits per heavy atom. The molecule has 6 heterocycles. The lowest BCUT2D eigenvalue weighted by atomic mass is 9.88. The third kappa shape index (κ3) is 24.0. The van der Waals surface area contributed by atoms with Crippen LogP contribution in [0.2, 0.25) is 0 Å². The summed E-state index contributed by atoms with van der Waals surface area (Å²) >= 11 is 0. The van der Waals surface area contributed by atoms with Crippen LogP contribution in [0.3, 0.4) is 0 Å². The second-order valence-corrected chi connectivity index (χ2v) is 34.1. The average molecular weight is 1890 g/mol. The highest BCUT2D eigenvalue weighted by Gasteiger charge is 2.47. The van der Waals surface area contributed by atoms with Crippen LogP contribution < -0.4 is 60.0 Å². The van der Waals surface area contributed by atoms with E-state index in [0.717, 1.165) is 72.8 Å². The van der Waals surface area contributed by atoms with Crippen molar-refractivity contribution in [2.45, 2.75) is 121 Å². The number of pyridine rings is 1. The Bertz CT molecular complexity index is 7650. The number of para-hydroxylation sites is 1. The number of aliphatic hydroxyl groups excluding tert-OH is 2. The van der Waals surface area contributed by atoms with E-state index in [1.54, 1.807) is 98.0 Å². The minimum Gasteiger partial charge on any atom is -0.491 e. The van der Waals surface area contributed by atoms with Crippen LogP contribution in [0.1, 0.15) is 193 Å². The van der Waals surface area contributed by atoms with Crippen molar-refractivity contribution in [3.63, 3.8) is 0 Å². The Hall–Kier alpha value is -16.2. The highest BCUT2D eigenvalue weighted by molar-refractivity contribution is 6.02. The molecule has 0 aliphatic heterocycles. The molecule has 0 saturated heterocycles. The number of carbonyl (C=O) groups is 6. The van der Waals surface area contributed by atoms with Gasteiger partial charge < -0.3 is 39.4 Å². The summed E-state index contributed by atoms with van der Waals surface area (Å²) < 4.78 is 24.3. The van der Waals surface area contributed by atoms with Crippen molar-refractivity contribution in [1.29, 1.82) is 0 Å². The van der Waals surface area contributed by atoms with Gasteiger partial charge >= 0.3 is 0 Å². The molecular formula is C103H101FN16O19. The lowest BCUT2D eigenvalue weighted by molar-refractivity contribution is 0.0702. The van der Waals surface area contributed by atoms with Crippen LogP contribution in [0, 0.1) is 5.82 Å². The van der Waals surface area contributed by atoms with Gasteiger partial charge in [0.05, 0.1) is 84.8 Å². The van der Waals surface area contributed by atoms with Crippen LogP contribution in [0.15, 0.2) is 272 Å². The molecule has 2 aliphatic rings. The molecule has 35 nitrogen and oxygen atoms in total. The van der Waals surface area contributed by atoms with Crippen LogP contribution in [0.25, 0.3) is 65.3 Å². The molecule has 0 bridgehead atoms. The fourth-order valence-electron chi connectivity index (χ4n) is 16.0. The van der Waals surface area contributed by atoms with E-state index >= 15 is 0 Å². The number of carbonyl (C=O) groups excluding carboxylic acids is 6. The Balaban J connectivity index is 0.000000141. The number of H-pyrrole nitrogens is 3. The highest BCUT2D eigenvalue weighted by Crippen LogP contribution is 2.48. The van der Waals surface area contributed by atoms with Gasteiger partial charge in [-0.3, -0.25) is 87.5 Å². The summed E-state index contributed by atoms with van der Waals surface area (Å²) in [6.45, 7) is 7.94. The largest absolute Gasteiger partial charge is 0.491 e. The van der Waals surface area contributed by atoms with Crippen molar-refractivity contribution in [3.05, 3.63) is 384 Å². The van der Waals surface area contributed by atoms with Crippen LogP contribution in [0.5, 0.6) is 5.75 Å². The summed E-state index contributed by atoms with van der Waals surface area (Å²) in [5.41, 5.74) is 11.3. The van der Waals surface area contributed by atoms with Gasteiger partial charge in [-0.25, -0.2) is 51.2 Å². The number of amides is 4. The molecule has 1 atom stereocenters. The van der Waals surface area contributed by atoms with Crippen LogP contribution in [-0.2, 0) is 30.6 Å². The number of nitrogens with zero attached hydrogens (tertiary/aromatic N) is 9. The second-order valence-electron chi connectivity index (χ2n) is 34.1. The van der Waals surface area contributed by atoms with Crippen molar-refractivity contribution in [2.75, 3.05) is 33.9 Å². The van der Waals surface area contributed by atoms with E-state index in [4.69, 9.17) is 35.8 Å². The standard InChI is InChI=1S/C20H21N3O3.C19H19N3O4.C18H15N3O3.C17H13FN2O3.C16H18N2O3.C13H15N3O3/c1-22(2)12-16-13-23(11-14-6-4-3-5-7-14)20(25)18-10-15(19(24)21-26)8-9-17(16)18;1-19(2,11-26-14-6-4-3-5-7-14)22-12-20-16-9-8-13(17(23)21-25)10-15(16)18(22)24;22-16(20-24)12-6-7-15-14(10-12)17(23)21(11-19-15)18(8-9-18)13-4-2-1-3-5-13;18-13-4-2-1-3-10(13)8-16-19-14-7-11(15(22)9-21)5-6-12(14)17(23)20-16;19-9-14(20)11-6-7-12-13(8-11)17-15(18-16(12)21)10-4-2-1-3-5-10;1-3-7(2)11-14-10-6-8(12(17)16-19)4-5-9(10)13(18)15-11/h3-10,13,26H,11-12H2,1-2H3,(H,21,24);3-10,12,25H,11H2,1-2H3,(H,21,23);1-7,10-11,24H,8-9H2,(H,20,22);1-7,21H,8-9H2,(H,19,20,23);6-8,10,19H,1-5,9H2,(H,17,18,21);4-7,19H,3H2,1-2H3,(H,16,17)(H,14,15,18). The third-order valence-electron chi connectivity index (χ3n) is 23.8. The molecule has 139 heavy (non-hydrogen) atoms. The number of nitrogens with one attached hydrogen (secondary N) is 7. The summed E-state index contributed by atoms with van der Waals surface area (Å²) in [6, 6.07) is 62.8. The van der Waals surface area contributed by atoms with Crippen molar-refractivity contribution in [3.8, 4) is 5.75 Å². The fraction of sp³-hybridized carbons (Fsp3) is 0.233. The van der Waals surface area contributed by atoms with Gasteiger partial charge in [-0.2, -0.15) is 0 Å². The number of hydrogen-bond acceptors (Lipinski definition) is 25. The van der Waals surface area contributed by atoms with Gasteiger partial charge in [-0.05, 0) is 197 Å². The maximum Gasteiger partial charge on any atom is 0.274 e. The lowest BCUT2D eigenvalue weighted by Gasteiger charge is -2.27. The quantitative estimate of drug-likeness (QED) is 0.0161. The monoisotopic (exact) mass is 1880 g/mol. The number of hydroxylamine groups is 4. The molecule has 10 aromatic carbocycles. The van der Waals surface area contributed by atoms with Gasteiger partial charge in [-0.1, -0.05) is 148 Å². The number of ether oxygens (including phenoxy) is 1. The average Bonchev–Trinajstić information content (AvgIpc) is 1.57. The number of fused-ring (bicyclic) bond motifs is 6. The molecule has 714 valence electrons. The van der Waals surface area contributed by atoms with Gasteiger partial charge in [0, 0.05) is 69.8 Å². The van der Waals surface area contributed by atoms with Gasteiger partial charge in [0.2, 0.25) is 0 Å². The molecule has 2 saturated carbocycles. The van der Waals surface area contributed by atoms with E-state index in [1.165, 1.54) is 90.1 Å². The number of aromatic nitrogens is 11. The molecule has 13 N–H and O–H groups in total. The maximum atomic E-state index is 13.7. The van der Waals surface area contributed by atoms with Gasteiger partial charge in [0.15, 0.2) is 11.6 Å². The zero-order valence-corrected chi connectivity index (χ0v) is 76.5. The van der Waals surface area contributed by atoms with E-state index < -0.39 is 48.2 Å². The fourth-order valence-corrected chi connectivity index (χ4v) is 16.0. The van der Waals surface area contributed by atoms with E-state index in [1.807, 2.05) is 144 Å². The minimum absolute atomic E-state index is 0.132. The highest BCUT2D eigenvalue weighted by atomic mass is 19.1. The number of aromatic amines is 3. The molecule has 2 fully saturated rings. The van der Waals surface area contributed by atoms with E-state index in [0.29, 0.717) is 107 Å². The van der Waals surface area contributed by atoms with Crippen molar-refractivity contribution in [2.24, 2.45) is 0 Å². The maximum absolute atomic E-state index is 13.7. The molecule has 2 aliphatic carbocycles. The molecule has 0 spiro atoms. The van der Waals surface area contributed by atoms with Crippen LogP contribution in [0.4, 0.5) is 4.39 Å². The molecule has 1 unspecified atom stereocenters. The molecular weight excluding hydrogens is 1780 g/mol. The number of benzene rings is 10. The van der Waals surface area contributed by atoms with Gasteiger partial charge in [-0.15, -0.1) is 0 Å². The summed E-state index contributed by atoms with van der Waals surface area (Å²) in [4.78, 5) is 177. The number of hydrogen-bond donors (Lipinski definition) is 13. The van der Waals surface area contributed by atoms with E-state index in [-0.39, 0.29) is 97.3 Å². The lowest BCUT2D eigenvalue weighted by Crippen LogP contribution is -2.41. The predicted molar refractivity (Wildman–Crippen MR) is 518 cm³/mol. The summed E-state index contributed by atoms with van der Waals surface area (Å²) in [6.07, 6.45) is 13.3. The summed E-state index contributed by atoms with van der Waals surface area (Å²) in [7, 11) is 3.93. The van der Waals surface area contributed by atoms with Crippen molar-refractivity contribution < 1.29 is 68.9 Å². The predicted octanol–water partition coefficient (Wildman–Crippen LogP) is 12.1. The number of halogens is 1. The number of Topliss-reactive ketones (excluding diaryl/α,β-unsaturated/α-hetero) is 2. The molecule has 0 radical (unpaired) electrons. The zero-order chi connectivity index (χ0) is 99.4. The van der Waals surface area contributed by atoms with Gasteiger partial charge in [0.1, 0.15) is 48.9 Å². The Morgan fingerprint density at radius 2 is 0.971 bits per heavy atom.